The van der Waals surface area contributed by atoms with Gasteiger partial charge < -0.3 is 9.64 Å². The van der Waals surface area contributed by atoms with Gasteiger partial charge in [0.15, 0.2) is 0 Å². The predicted octanol–water partition coefficient (Wildman–Crippen LogP) is 2.12. The first-order valence-electron chi connectivity index (χ1n) is 6.23. The van der Waals surface area contributed by atoms with Crippen LogP contribution in [0.25, 0.3) is 10.9 Å². The molecule has 0 aliphatic carbocycles. The van der Waals surface area contributed by atoms with Gasteiger partial charge in [-0.1, -0.05) is 24.3 Å². The molecule has 0 saturated carbocycles. The third kappa shape index (κ3) is 4.68. The van der Waals surface area contributed by atoms with E-state index in [9.17, 15) is 9.59 Å². The number of hydrogen-bond acceptors (Lipinski definition) is 4. The van der Waals surface area contributed by atoms with Gasteiger partial charge in [0.1, 0.15) is 5.69 Å². The number of benzene rings is 1. The molecule has 2 aromatic rings. The van der Waals surface area contributed by atoms with Gasteiger partial charge in [-0.2, -0.15) is 0 Å². The van der Waals surface area contributed by atoms with Gasteiger partial charge in [-0.05, 0) is 19.1 Å². The molecule has 106 valence electrons. The molecule has 1 aromatic heterocycles. The highest BCUT2D eigenvalue weighted by atomic mass is 16.5. The Labute approximate surface area is 118 Å². The van der Waals surface area contributed by atoms with Crippen LogP contribution >= 0.6 is 0 Å². The molecule has 0 N–H and O–H groups in total. The van der Waals surface area contributed by atoms with E-state index in [1.54, 1.807) is 27.1 Å². The van der Waals surface area contributed by atoms with Gasteiger partial charge in [-0.25, -0.2) is 9.78 Å². The molecule has 20 heavy (non-hydrogen) atoms. The number of fused-ring (bicyclic) bond motifs is 1. The molecule has 1 aromatic carbocycles. The summed E-state index contributed by atoms with van der Waals surface area (Å²) in [4.78, 5) is 26.5. The van der Waals surface area contributed by atoms with Crippen molar-refractivity contribution in [3.63, 3.8) is 0 Å². The number of carbonyl (C=O) groups excluding carboxylic acids is 2. The maximum atomic E-state index is 11.4. The van der Waals surface area contributed by atoms with Crippen molar-refractivity contribution in [2.75, 3.05) is 20.7 Å². The Hall–Kier alpha value is -2.43. The summed E-state index contributed by atoms with van der Waals surface area (Å²) in [5.74, 6) is -0.372. The molecule has 1 heterocycles. The molecule has 2 rings (SSSR count). The molecular weight excluding hydrogens is 256 g/mol. The van der Waals surface area contributed by atoms with Crippen LogP contribution in [0.5, 0.6) is 0 Å². The summed E-state index contributed by atoms with van der Waals surface area (Å²) in [5, 5.41) is 1.02. The van der Waals surface area contributed by atoms with Crippen LogP contribution in [0.1, 0.15) is 17.4 Å². The van der Waals surface area contributed by atoms with Crippen LogP contribution in [0.2, 0.25) is 0 Å². The van der Waals surface area contributed by atoms with Gasteiger partial charge in [-0.3, -0.25) is 4.79 Å². The van der Waals surface area contributed by atoms with Gasteiger partial charge in [0, 0.05) is 19.5 Å². The van der Waals surface area contributed by atoms with E-state index in [0.29, 0.717) is 12.3 Å². The van der Waals surface area contributed by atoms with Crippen LogP contribution in [-0.4, -0.2) is 43.0 Å². The number of pyridine rings is 1. The van der Waals surface area contributed by atoms with Gasteiger partial charge in [0.25, 0.3) is 0 Å². The highest BCUT2D eigenvalue weighted by Crippen LogP contribution is 2.12. The average molecular weight is 274 g/mol. The molecule has 0 aliphatic rings. The molecule has 5 heteroatoms. The van der Waals surface area contributed by atoms with Crippen molar-refractivity contribution in [3.8, 4) is 0 Å². The third-order valence-corrected chi connectivity index (χ3v) is 2.29. The summed E-state index contributed by atoms with van der Waals surface area (Å²) in [6.45, 7) is 2.15. The Bertz CT molecular complexity index is 582. The summed E-state index contributed by atoms with van der Waals surface area (Å²) in [5.41, 5.74) is 1.17. The lowest BCUT2D eigenvalue weighted by Gasteiger charge is -2.02. The van der Waals surface area contributed by atoms with Crippen molar-refractivity contribution in [1.29, 1.82) is 0 Å². The topological polar surface area (TPSA) is 59.5 Å². The fraction of sp³-hybridized carbons (Fsp3) is 0.267. The molecule has 0 aliphatic heterocycles. The highest BCUT2D eigenvalue weighted by Gasteiger charge is 2.07. The van der Waals surface area contributed by atoms with Crippen molar-refractivity contribution in [2.24, 2.45) is 0 Å². The summed E-state index contributed by atoms with van der Waals surface area (Å²) in [6.07, 6.45) is 0.750. The fourth-order valence-electron chi connectivity index (χ4n) is 1.38. The number of carbonyl (C=O) groups is 2. The fourth-order valence-corrected chi connectivity index (χ4v) is 1.38. The van der Waals surface area contributed by atoms with Gasteiger partial charge in [0.2, 0.25) is 6.41 Å². The maximum absolute atomic E-state index is 11.4. The molecule has 0 unspecified atom stereocenters. The number of aromatic nitrogens is 1. The van der Waals surface area contributed by atoms with Crippen LogP contribution in [0.3, 0.4) is 0 Å². The Balaban J connectivity index is 0.000000347. The van der Waals surface area contributed by atoms with Crippen molar-refractivity contribution in [1.82, 2.24) is 9.88 Å². The van der Waals surface area contributed by atoms with Crippen LogP contribution in [0.15, 0.2) is 36.4 Å². The summed E-state index contributed by atoms with van der Waals surface area (Å²) in [6, 6.07) is 11.2. The quantitative estimate of drug-likeness (QED) is 0.635. The predicted molar refractivity (Wildman–Crippen MR) is 77.5 cm³/mol. The largest absolute Gasteiger partial charge is 0.461 e. The highest BCUT2D eigenvalue weighted by molar-refractivity contribution is 5.90. The molecule has 0 bridgehead atoms. The van der Waals surface area contributed by atoms with Crippen molar-refractivity contribution in [3.05, 3.63) is 42.1 Å². The van der Waals surface area contributed by atoms with Gasteiger partial charge in [-0.15, -0.1) is 0 Å². The monoisotopic (exact) mass is 274 g/mol. The minimum Gasteiger partial charge on any atom is -0.461 e. The molecule has 5 nitrogen and oxygen atoms in total. The second-order valence-electron chi connectivity index (χ2n) is 4.18. The molecule has 0 radical (unpaired) electrons. The van der Waals surface area contributed by atoms with Crippen molar-refractivity contribution < 1.29 is 14.3 Å². The Morgan fingerprint density at radius 2 is 1.90 bits per heavy atom. The van der Waals surface area contributed by atoms with E-state index >= 15 is 0 Å². The molecular formula is C15H18N2O3. The third-order valence-electron chi connectivity index (χ3n) is 2.29. The normalized spacial score (nSPS) is 9.35. The molecule has 0 atom stereocenters. The minimum atomic E-state index is -0.372. The number of esters is 1. The second-order valence-corrected chi connectivity index (χ2v) is 4.18. The second kappa shape index (κ2) is 7.89. The van der Waals surface area contributed by atoms with E-state index in [1.807, 2.05) is 30.3 Å². The Morgan fingerprint density at radius 1 is 1.25 bits per heavy atom. The van der Waals surface area contributed by atoms with Crippen LogP contribution in [0.4, 0.5) is 0 Å². The number of nitrogens with zero attached hydrogens (tertiary/aromatic N) is 2. The first-order chi connectivity index (χ1) is 9.58. The lowest BCUT2D eigenvalue weighted by molar-refractivity contribution is -0.115. The SMILES string of the molecule is CCOC(=O)c1ccc2ccccc2n1.CN(C)C=O. The number of ether oxygens (including phenoxy) is 1. The standard InChI is InChI=1S/C12H11NO2.C3H7NO/c1-2-15-12(14)11-8-7-9-5-3-4-6-10(9)13-11;1-4(2)3-5/h3-8H,2H2,1H3;3H,1-2H3. The van der Waals surface area contributed by atoms with Crippen molar-refractivity contribution >= 4 is 23.3 Å². The number of rotatable bonds is 3. The summed E-state index contributed by atoms with van der Waals surface area (Å²) in [7, 11) is 3.38. The van der Waals surface area contributed by atoms with Crippen molar-refractivity contribution in [2.45, 2.75) is 6.92 Å². The zero-order valence-electron chi connectivity index (χ0n) is 11.9. The lowest BCUT2D eigenvalue weighted by atomic mass is 10.2. The maximum Gasteiger partial charge on any atom is 0.356 e. The van der Waals surface area contributed by atoms with E-state index in [4.69, 9.17) is 4.74 Å². The number of amides is 1. The molecule has 0 fully saturated rings. The zero-order valence-corrected chi connectivity index (χ0v) is 11.9. The first kappa shape index (κ1) is 15.6. The molecule has 0 spiro atoms. The van der Waals surface area contributed by atoms with E-state index in [2.05, 4.69) is 4.98 Å². The first-order valence-corrected chi connectivity index (χ1v) is 6.23. The summed E-state index contributed by atoms with van der Waals surface area (Å²) >= 11 is 0. The van der Waals surface area contributed by atoms with Crippen LogP contribution in [-0.2, 0) is 9.53 Å². The van der Waals surface area contributed by atoms with Gasteiger partial charge >= 0.3 is 5.97 Å². The zero-order chi connectivity index (χ0) is 15.0. The van der Waals surface area contributed by atoms with Crippen LogP contribution < -0.4 is 0 Å². The van der Waals surface area contributed by atoms with E-state index in [1.165, 1.54) is 4.90 Å². The summed E-state index contributed by atoms with van der Waals surface area (Å²) < 4.78 is 4.88. The van der Waals surface area contributed by atoms with Gasteiger partial charge in [0.05, 0.1) is 12.1 Å². The van der Waals surface area contributed by atoms with E-state index in [0.717, 1.165) is 17.3 Å². The minimum absolute atomic E-state index is 0.357. The molecule has 0 saturated heterocycles. The average Bonchev–Trinajstić information content (AvgIpc) is 2.47. The van der Waals surface area contributed by atoms with E-state index < -0.39 is 0 Å². The number of para-hydroxylation sites is 1. The van der Waals surface area contributed by atoms with Crippen LogP contribution in [0, 0.1) is 0 Å². The Kier molecular flexibility index (Phi) is 6.16. The Morgan fingerprint density at radius 3 is 2.50 bits per heavy atom. The number of hydrogen-bond donors (Lipinski definition) is 0. The smallest absolute Gasteiger partial charge is 0.356 e. The van der Waals surface area contributed by atoms with E-state index in [-0.39, 0.29) is 5.97 Å². The molecule has 1 amide bonds. The lowest BCUT2D eigenvalue weighted by Crippen LogP contribution is -2.06.